The molecule has 0 aromatic carbocycles. The predicted octanol–water partition coefficient (Wildman–Crippen LogP) is -1.32. The maximum atomic E-state index is 10.1. The van der Waals surface area contributed by atoms with Crippen LogP contribution >= 0.6 is 0 Å². The molecule has 3 unspecified atom stereocenters. The minimum Gasteiger partial charge on any atom is -0.391 e. The van der Waals surface area contributed by atoms with Crippen LogP contribution in [0.2, 0.25) is 0 Å². The maximum absolute atomic E-state index is 10.1. The zero-order valence-corrected chi connectivity index (χ0v) is 5.98. The first-order valence-electron chi connectivity index (χ1n) is 2.96. The molecule has 0 amide bonds. The Hall–Kier alpha value is -0.450. The van der Waals surface area contributed by atoms with Crippen molar-refractivity contribution in [3.8, 4) is 0 Å². The maximum Gasteiger partial charge on any atom is 0.154 e. The summed E-state index contributed by atoms with van der Waals surface area (Å²) in [5.74, 6) is 0. The van der Waals surface area contributed by atoms with Gasteiger partial charge in [-0.3, -0.25) is 0 Å². The average Bonchev–Trinajstić information content (AvgIpc) is 1.86. The molecule has 0 aromatic rings. The van der Waals surface area contributed by atoms with E-state index in [2.05, 4.69) is 0 Å². The van der Waals surface area contributed by atoms with Crippen LogP contribution in [0.4, 0.5) is 0 Å². The Kier molecular flexibility index (Phi) is 2.96. The molecule has 0 aliphatic heterocycles. The van der Waals surface area contributed by atoms with Crippen LogP contribution in [-0.2, 0) is 4.79 Å². The average molecular weight is 148 g/mol. The molecule has 0 aromatic heterocycles. The Balaban J connectivity index is 4.17. The van der Waals surface area contributed by atoms with Gasteiger partial charge in [0, 0.05) is 0 Å². The molecule has 0 heterocycles. The van der Waals surface area contributed by atoms with E-state index in [9.17, 15) is 4.79 Å². The first-order chi connectivity index (χ1) is 4.41. The van der Waals surface area contributed by atoms with Crippen molar-refractivity contribution < 1.29 is 20.1 Å². The molecular formula is C6H12O4. The zero-order valence-electron chi connectivity index (χ0n) is 5.98. The smallest absolute Gasteiger partial charge is 0.154 e. The highest BCUT2D eigenvalue weighted by Crippen LogP contribution is 2.09. The molecule has 3 N–H and O–H groups in total. The number of hydrogen-bond acceptors (Lipinski definition) is 4. The third kappa shape index (κ3) is 2.06. The van der Waals surface area contributed by atoms with Gasteiger partial charge in [-0.25, -0.2) is 0 Å². The van der Waals surface area contributed by atoms with Crippen LogP contribution in [0.1, 0.15) is 13.8 Å². The van der Waals surface area contributed by atoms with Crippen molar-refractivity contribution in [2.24, 2.45) is 0 Å². The third-order valence-corrected chi connectivity index (χ3v) is 1.29. The minimum atomic E-state index is -1.85. The van der Waals surface area contributed by atoms with Gasteiger partial charge in [0.25, 0.3) is 0 Å². The van der Waals surface area contributed by atoms with Gasteiger partial charge < -0.3 is 20.1 Å². The van der Waals surface area contributed by atoms with Gasteiger partial charge in [-0.15, -0.1) is 0 Å². The Bertz CT molecular complexity index is 119. The van der Waals surface area contributed by atoms with Crippen molar-refractivity contribution >= 4 is 6.29 Å². The van der Waals surface area contributed by atoms with E-state index in [0.29, 0.717) is 0 Å². The molecule has 0 spiro atoms. The summed E-state index contributed by atoms with van der Waals surface area (Å²) < 4.78 is 0. The van der Waals surface area contributed by atoms with E-state index < -0.39 is 17.8 Å². The largest absolute Gasteiger partial charge is 0.391 e. The summed E-state index contributed by atoms with van der Waals surface area (Å²) in [5, 5.41) is 26.6. The van der Waals surface area contributed by atoms with Gasteiger partial charge in [-0.1, -0.05) is 0 Å². The van der Waals surface area contributed by atoms with E-state index in [1.165, 1.54) is 6.92 Å². The molecule has 10 heavy (non-hydrogen) atoms. The van der Waals surface area contributed by atoms with Crippen LogP contribution in [0.5, 0.6) is 0 Å². The number of aldehydes is 1. The molecular weight excluding hydrogens is 136 g/mol. The van der Waals surface area contributed by atoms with Crippen LogP contribution < -0.4 is 0 Å². The monoisotopic (exact) mass is 148 g/mol. The normalized spacial score (nSPS) is 22.9. The number of rotatable bonds is 3. The number of carbonyl (C=O) groups excluding carboxylic acids is 1. The highest BCUT2D eigenvalue weighted by Gasteiger charge is 2.32. The van der Waals surface area contributed by atoms with Gasteiger partial charge in [-0.05, 0) is 13.8 Å². The topological polar surface area (TPSA) is 77.8 Å². The lowest BCUT2D eigenvalue weighted by molar-refractivity contribution is -0.143. The fourth-order valence-corrected chi connectivity index (χ4v) is 0.558. The van der Waals surface area contributed by atoms with Gasteiger partial charge >= 0.3 is 0 Å². The first-order valence-corrected chi connectivity index (χ1v) is 2.96. The molecule has 60 valence electrons. The molecule has 0 bridgehead atoms. The minimum absolute atomic E-state index is 0.199. The molecule has 4 heteroatoms. The van der Waals surface area contributed by atoms with Gasteiger partial charge in [-0.2, -0.15) is 0 Å². The summed E-state index contributed by atoms with van der Waals surface area (Å²) >= 11 is 0. The Labute approximate surface area is 59.1 Å². The van der Waals surface area contributed by atoms with Gasteiger partial charge in [0.1, 0.15) is 11.7 Å². The lowest BCUT2D eigenvalue weighted by Crippen LogP contribution is -2.46. The standard InChI is InChI=1S/C6H12O4/c1-4(8)5(9)6(2,10)3-7/h3-5,8-10H,1-2H3. The van der Waals surface area contributed by atoms with E-state index in [1.54, 1.807) is 0 Å². The van der Waals surface area contributed by atoms with Crippen molar-refractivity contribution in [3.63, 3.8) is 0 Å². The van der Waals surface area contributed by atoms with Gasteiger partial charge in [0.05, 0.1) is 6.10 Å². The molecule has 0 fully saturated rings. The van der Waals surface area contributed by atoms with Crippen molar-refractivity contribution in [1.29, 1.82) is 0 Å². The number of aliphatic hydroxyl groups excluding tert-OH is 2. The SMILES string of the molecule is CC(O)C(O)C(C)(O)C=O. The second-order valence-corrected chi connectivity index (χ2v) is 2.53. The molecule has 0 saturated heterocycles. The summed E-state index contributed by atoms with van der Waals surface area (Å²) in [5.41, 5.74) is -1.85. The molecule has 0 aliphatic rings. The van der Waals surface area contributed by atoms with Crippen LogP contribution in [0.15, 0.2) is 0 Å². The highest BCUT2D eigenvalue weighted by atomic mass is 16.4. The number of hydrogen-bond donors (Lipinski definition) is 3. The van der Waals surface area contributed by atoms with Crippen LogP contribution in [0.25, 0.3) is 0 Å². The van der Waals surface area contributed by atoms with Crippen LogP contribution in [0.3, 0.4) is 0 Å². The summed E-state index contributed by atoms with van der Waals surface area (Å²) in [6.07, 6.45) is -2.34. The lowest BCUT2D eigenvalue weighted by atomic mass is 9.97. The molecule has 3 atom stereocenters. The van der Waals surface area contributed by atoms with Crippen molar-refractivity contribution in [2.45, 2.75) is 31.7 Å². The van der Waals surface area contributed by atoms with E-state index >= 15 is 0 Å². The summed E-state index contributed by atoms with van der Waals surface area (Å²) in [6.45, 7) is 2.43. The fourth-order valence-electron chi connectivity index (χ4n) is 0.558. The Morgan fingerprint density at radius 1 is 1.50 bits per heavy atom. The second-order valence-electron chi connectivity index (χ2n) is 2.53. The third-order valence-electron chi connectivity index (χ3n) is 1.29. The second kappa shape index (κ2) is 3.09. The van der Waals surface area contributed by atoms with Crippen molar-refractivity contribution in [3.05, 3.63) is 0 Å². The van der Waals surface area contributed by atoms with Crippen LogP contribution in [0, 0.1) is 0 Å². The summed E-state index contributed by atoms with van der Waals surface area (Å²) in [6, 6.07) is 0. The molecule has 0 radical (unpaired) electrons. The highest BCUT2D eigenvalue weighted by molar-refractivity contribution is 5.62. The molecule has 0 rings (SSSR count). The summed E-state index contributed by atoms with van der Waals surface area (Å²) in [7, 11) is 0. The van der Waals surface area contributed by atoms with E-state index in [1.807, 2.05) is 0 Å². The van der Waals surface area contributed by atoms with E-state index in [4.69, 9.17) is 15.3 Å². The Morgan fingerprint density at radius 2 is 1.90 bits per heavy atom. The number of carbonyl (C=O) groups is 1. The van der Waals surface area contributed by atoms with E-state index in [-0.39, 0.29) is 6.29 Å². The van der Waals surface area contributed by atoms with Crippen molar-refractivity contribution in [1.82, 2.24) is 0 Å². The van der Waals surface area contributed by atoms with Crippen LogP contribution in [-0.4, -0.2) is 39.4 Å². The van der Waals surface area contributed by atoms with Crippen molar-refractivity contribution in [2.75, 3.05) is 0 Å². The fraction of sp³-hybridized carbons (Fsp3) is 0.833. The first kappa shape index (κ1) is 9.55. The molecule has 0 aliphatic carbocycles. The zero-order chi connectivity index (χ0) is 8.36. The lowest BCUT2D eigenvalue weighted by Gasteiger charge is -2.24. The summed E-state index contributed by atoms with van der Waals surface area (Å²) in [4.78, 5) is 10.1. The number of aliphatic hydroxyl groups is 3. The molecule has 0 saturated carbocycles. The van der Waals surface area contributed by atoms with E-state index in [0.717, 1.165) is 6.92 Å². The molecule has 4 nitrogen and oxygen atoms in total. The van der Waals surface area contributed by atoms with Gasteiger partial charge in [0.2, 0.25) is 0 Å². The Morgan fingerprint density at radius 3 is 2.00 bits per heavy atom. The quantitative estimate of drug-likeness (QED) is 0.434. The van der Waals surface area contributed by atoms with Gasteiger partial charge in [0.15, 0.2) is 6.29 Å². The predicted molar refractivity (Wildman–Crippen MR) is 34.4 cm³/mol.